The molecule has 4 aromatic rings. The number of rotatable bonds is 5. The number of aromatic nitrogens is 3. The molecular formula is C21H18FN5OS2. The summed E-state index contributed by atoms with van der Waals surface area (Å²) < 4.78 is 14.2. The number of nitrogens with one attached hydrogen (secondary N) is 1. The second-order valence-corrected chi connectivity index (χ2v) is 9.23. The van der Waals surface area contributed by atoms with Crippen molar-refractivity contribution in [1.29, 1.82) is 0 Å². The van der Waals surface area contributed by atoms with Crippen molar-refractivity contribution in [2.24, 2.45) is 0 Å². The Hall–Kier alpha value is -2.75. The van der Waals surface area contributed by atoms with Crippen LogP contribution in [0.3, 0.4) is 0 Å². The van der Waals surface area contributed by atoms with Crippen molar-refractivity contribution in [1.82, 2.24) is 20.1 Å². The number of likely N-dealkylation sites (tertiary alicyclic amines) is 1. The summed E-state index contributed by atoms with van der Waals surface area (Å²) in [4.78, 5) is 19.6. The maximum atomic E-state index is 13.0. The van der Waals surface area contributed by atoms with Crippen molar-refractivity contribution in [3.8, 4) is 0 Å². The second-order valence-electron chi connectivity index (χ2n) is 7.11. The third-order valence-electron chi connectivity index (χ3n) is 5.06. The van der Waals surface area contributed by atoms with Gasteiger partial charge in [-0.1, -0.05) is 23.5 Å². The Bertz CT molecular complexity index is 1160. The fourth-order valence-electron chi connectivity index (χ4n) is 3.63. The van der Waals surface area contributed by atoms with Gasteiger partial charge in [0.25, 0.3) is 5.91 Å². The SMILES string of the molecule is O=C(Nc1ccc(F)cc1)c1nnc(CN2CCCC2c2nc3ccccc3s2)s1. The van der Waals surface area contributed by atoms with Crippen LogP contribution >= 0.6 is 22.7 Å². The number of para-hydroxylation sites is 1. The van der Waals surface area contributed by atoms with Gasteiger partial charge in [-0.2, -0.15) is 0 Å². The molecule has 0 aliphatic carbocycles. The quantitative estimate of drug-likeness (QED) is 0.480. The lowest BCUT2D eigenvalue weighted by atomic mass is 10.2. The highest BCUT2D eigenvalue weighted by Gasteiger charge is 2.29. The Labute approximate surface area is 180 Å². The van der Waals surface area contributed by atoms with Crippen LogP contribution in [-0.2, 0) is 6.54 Å². The summed E-state index contributed by atoms with van der Waals surface area (Å²) in [5, 5.41) is 13.2. The summed E-state index contributed by atoms with van der Waals surface area (Å²) in [6.07, 6.45) is 2.17. The number of nitrogens with zero attached hydrogens (tertiary/aromatic N) is 4. The molecule has 1 N–H and O–H groups in total. The molecule has 2 aromatic carbocycles. The number of fused-ring (bicyclic) bond motifs is 1. The zero-order valence-electron chi connectivity index (χ0n) is 15.9. The first-order valence-corrected chi connectivity index (χ1v) is 11.3. The summed E-state index contributed by atoms with van der Waals surface area (Å²) >= 11 is 3.03. The lowest BCUT2D eigenvalue weighted by molar-refractivity contribution is 0.102. The number of hydrogen-bond donors (Lipinski definition) is 1. The molecule has 6 nitrogen and oxygen atoms in total. The van der Waals surface area contributed by atoms with Crippen molar-refractivity contribution in [2.75, 3.05) is 11.9 Å². The standard InChI is InChI=1S/C21H18FN5OS2/c22-13-7-9-14(10-8-13)23-19(28)21-26-25-18(30-21)12-27-11-3-5-16(27)20-24-15-4-1-2-6-17(15)29-20/h1-2,4,6-10,16H,3,5,11-12H2,(H,23,28). The van der Waals surface area contributed by atoms with Crippen LogP contribution in [0.4, 0.5) is 10.1 Å². The van der Waals surface area contributed by atoms with E-state index in [4.69, 9.17) is 4.98 Å². The number of benzene rings is 2. The van der Waals surface area contributed by atoms with Gasteiger partial charge in [0.05, 0.1) is 22.8 Å². The molecule has 1 fully saturated rings. The number of halogens is 1. The molecule has 1 saturated heterocycles. The smallest absolute Gasteiger partial charge is 0.286 e. The maximum absolute atomic E-state index is 13.0. The molecule has 0 saturated carbocycles. The van der Waals surface area contributed by atoms with Crippen LogP contribution in [0.2, 0.25) is 0 Å². The van der Waals surface area contributed by atoms with E-state index in [2.05, 4.69) is 26.5 Å². The molecule has 30 heavy (non-hydrogen) atoms. The minimum absolute atomic E-state index is 0.266. The maximum Gasteiger partial charge on any atom is 0.286 e. The molecule has 0 spiro atoms. The summed E-state index contributed by atoms with van der Waals surface area (Å²) in [6.45, 7) is 1.61. The van der Waals surface area contributed by atoms with Gasteiger partial charge in [0, 0.05) is 5.69 Å². The van der Waals surface area contributed by atoms with Gasteiger partial charge in [-0.25, -0.2) is 9.37 Å². The molecule has 5 rings (SSSR count). The van der Waals surface area contributed by atoms with Gasteiger partial charge in [-0.15, -0.1) is 21.5 Å². The average molecular weight is 440 g/mol. The summed E-state index contributed by atoms with van der Waals surface area (Å²) in [7, 11) is 0. The van der Waals surface area contributed by atoms with E-state index in [1.807, 2.05) is 18.2 Å². The third kappa shape index (κ3) is 3.96. The van der Waals surface area contributed by atoms with E-state index < -0.39 is 0 Å². The monoisotopic (exact) mass is 439 g/mol. The molecule has 9 heteroatoms. The Morgan fingerprint density at radius 3 is 2.80 bits per heavy atom. The minimum Gasteiger partial charge on any atom is -0.320 e. The van der Waals surface area contributed by atoms with E-state index >= 15 is 0 Å². The average Bonchev–Trinajstić information content (AvgIpc) is 3.49. The largest absolute Gasteiger partial charge is 0.320 e. The van der Waals surface area contributed by atoms with E-state index in [0.717, 1.165) is 34.9 Å². The molecule has 0 bridgehead atoms. The van der Waals surface area contributed by atoms with Gasteiger partial charge in [-0.3, -0.25) is 9.69 Å². The van der Waals surface area contributed by atoms with E-state index in [-0.39, 0.29) is 17.8 Å². The first-order chi connectivity index (χ1) is 14.7. The van der Waals surface area contributed by atoms with Crippen molar-refractivity contribution < 1.29 is 9.18 Å². The predicted octanol–water partition coefficient (Wildman–Crippen LogP) is 4.88. The van der Waals surface area contributed by atoms with E-state index in [9.17, 15) is 9.18 Å². The van der Waals surface area contributed by atoms with E-state index in [0.29, 0.717) is 17.2 Å². The lowest BCUT2D eigenvalue weighted by Gasteiger charge is -2.21. The predicted molar refractivity (Wildman–Crippen MR) is 116 cm³/mol. The molecule has 3 heterocycles. The number of thiazole rings is 1. The Morgan fingerprint density at radius 2 is 1.97 bits per heavy atom. The van der Waals surface area contributed by atoms with Crippen molar-refractivity contribution in [2.45, 2.75) is 25.4 Å². The Balaban J connectivity index is 1.28. The molecule has 0 radical (unpaired) electrons. The van der Waals surface area contributed by atoms with Gasteiger partial charge in [-0.05, 0) is 55.8 Å². The van der Waals surface area contributed by atoms with Gasteiger partial charge >= 0.3 is 0 Å². The van der Waals surface area contributed by atoms with Gasteiger partial charge in [0.1, 0.15) is 15.8 Å². The van der Waals surface area contributed by atoms with Crippen molar-refractivity contribution in [3.63, 3.8) is 0 Å². The molecular weight excluding hydrogens is 421 g/mol. The van der Waals surface area contributed by atoms with Crippen LogP contribution in [-0.4, -0.2) is 32.5 Å². The number of amides is 1. The topological polar surface area (TPSA) is 71.0 Å². The van der Waals surface area contributed by atoms with E-state index in [1.54, 1.807) is 11.3 Å². The van der Waals surface area contributed by atoms with Crippen LogP contribution in [0.25, 0.3) is 10.2 Å². The first kappa shape index (κ1) is 19.2. The molecule has 152 valence electrons. The van der Waals surface area contributed by atoms with Crippen molar-refractivity contribution in [3.05, 3.63) is 69.4 Å². The lowest BCUT2D eigenvalue weighted by Crippen LogP contribution is -2.22. The number of anilines is 1. The zero-order chi connectivity index (χ0) is 20.5. The number of carbonyl (C=O) groups is 1. The number of hydrogen-bond acceptors (Lipinski definition) is 7. The van der Waals surface area contributed by atoms with Crippen LogP contribution in [0.5, 0.6) is 0 Å². The molecule has 1 unspecified atom stereocenters. The fourth-order valence-corrected chi connectivity index (χ4v) is 5.53. The van der Waals surface area contributed by atoms with Crippen LogP contribution in [0, 0.1) is 5.82 Å². The highest BCUT2D eigenvalue weighted by molar-refractivity contribution is 7.18. The minimum atomic E-state index is -0.348. The molecule has 1 amide bonds. The van der Waals surface area contributed by atoms with Crippen molar-refractivity contribution >= 4 is 44.5 Å². The molecule has 1 aliphatic heterocycles. The third-order valence-corrected chi connectivity index (χ3v) is 7.11. The summed E-state index contributed by atoms with van der Waals surface area (Å²) in [6, 6.07) is 14.1. The zero-order valence-corrected chi connectivity index (χ0v) is 17.5. The van der Waals surface area contributed by atoms with Gasteiger partial charge in [0.15, 0.2) is 0 Å². The van der Waals surface area contributed by atoms with Crippen LogP contribution in [0.15, 0.2) is 48.5 Å². The molecule has 1 atom stereocenters. The molecule has 1 aliphatic rings. The Kier molecular flexibility index (Phi) is 5.24. The second kappa shape index (κ2) is 8.17. The van der Waals surface area contributed by atoms with Crippen LogP contribution in [0.1, 0.15) is 38.7 Å². The van der Waals surface area contributed by atoms with Gasteiger partial charge in [0.2, 0.25) is 5.01 Å². The highest BCUT2D eigenvalue weighted by atomic mass is 32.1. The van der Waals surface area contributed by atoms with E-state index in [1.165, 1.54) is 40.3 Å². The Morgan fingerprint density at radius 1 is 1.13 bits per heavy atom. The first-order valence-electron chi connectivity index (χ1n) is 9.64. The number of carbonyl (C=O) groups excluding carboxylic acids is 1. The normalized spacial score (nSPS) is 16.9. The van der Waals surface area contributed by atoms with Crippen LogP contribution < -0.4 is 5.32 Å². The fraction of sp³-hybridized carbons (Fsp3) is 0.238. The molecule has 2 aromatic heterocycles. The highest BCUT2D eigenvalue weighted by Crippen LogP contribution is 2.37. The summed E-state index contributed by atoms with van der Waals surface area (Å²) in [5.74, 6) is -0.686. The van der Waals surface area contributed by atoms with Gasteiger partial charge < -0.3 is 5.32 Å². The summed E-state index contributed by atoms with van der Waals surface area (Å²) in [5.41, 5.74) is 1.56.